The summed E-state index contributed by atoms with van der Waals surface area (Å²) >= 11 is 6.09. The van der Waals surface area contributed by atoms with Crippen LogP contribution < -0.4 is 15.2 Å². The summed E-state index contributed by atoms with van der Waals surface area (Å²) < 4.78 is 12.2. The topological polar surface area (TPSA) is 62.3 Å². The molecule has 0 saturated heterocycles. The van der Waals surface area contributed by atoms with Gasteiger partial charge in [-0.1, -0.05) is 11.6 Å². The minimum Gasteiger partial charge on any atom is -0.454 e. The third-order valence-corrected chi connectivity index (χ3v) is 2.85. The molecule has 0 aliphatic carbocycles. The first-order valence-electron chi connectivity index (χ1n) is 5.09. The number of nitrogens with zero attached hydrogens (tertiary/aromatic N) is 2. The number of nitrogen functional groups attached to an aromatic ring is 1. The fraction of sp³-hybridized carbons (Fsp3) is 0.182. The van der Waals surface area contributed by atoms with E-state index in [9.17, 15) is 0 Å². The summed E-state index contributed by atoms with van der Waals surface area (Å²) in [6.45, 7) is 0.762. The molecule has 1 aromatic heterocycles. The molecule has 0 unspecified atom stereocenters. The van der Waals surface area contributed by atoms with Crippen molar-refractivity contribution < 1.29 is 9.47 Å². The van der Waals surface area contributed by atoms with Gasteiger partial charge in [-0.2, -0.15) is 5.10 Å². The maximum absolute atomic E-state index is 6.09. The van der Waals surface area contributed by atoms with Crippen molar-refractivity contribution in [2.45, 2.75) is 6.54 Å². The van der Waals surface area contributed by atoms with Gasteiger partial charge in [0.2, 0.25) is 6.79 Å². The number of fused-ring (bicyclic) bond motifs is 1. The quantitative estimate of drug-likeness (QED) is 0.886. The Morgan fingerprint density at radius 3 is 3.06 bits per heavy atom. The molecule has 0 atom stereocenters. The van der Waals surface area contributed by atoms with Crippen LogP contribution in [-0.4, -0.2) is 16.6 Å². The van der Waals surface area contributed by atoms with E-state index in [0.717, 1.165) is 5.56 Å². The molecule has 0 spiro atoms. The van der Waals surface area contributed by atoms with Gasteiger partial charge in [-0.05, 0) is 23.8 Å². The van der Waals surface area contributed by atoms with Crippen LogP contribution in [0.1, 0.15) is 5.56 Å². The van der Waals surface area contributed by atoms with Crippen molar-refractivity contribution in [2.75, 3.05) is 12.5 Å². The zero-order valence-corrected chi connectivity index (χ0v) is 9.65. The molecular formula is C11H10ClN3O2. The number of anilines is 1. The van der Waals surface area contributed by atoms with Crippen LogP contribution in [0.4, 0.5) is 5.82 Å². The SMILES string of the molecule is Nc1ccnn1Cc1cc(Cl)c2c(c1)OCO2. The van der Waals surface area contributed by atoms with Crippen LogP contribution in [0.15, 0.2) is 24.4 Å². The highest BCUT2D eigenvalue weighted by molar-refractivity contribution is 6.32. The molecule has 0 radical (unpaired) electrons. The van der Waals surface area contributed by atoms with Crippen molar-refractivity contribution in [3.05, 3.63) is 35.0 Å². The van der Waals surface area contributed by atoms with Crippen molar-refractivity contribution in [3.63, 3.8) is 0 Å². The zero-order valence-electron chi connectivity index (χ0n) is 8.89. The molecule has 0 fully saturated rings. The summed E-state index contributed by atoms with van der Waals surface area (Å²) in [5.41, 5.74) is 6.72. The maximum atomic E-state index is 6.09. The van der Waals surface area contributed by atoms with E-state index in [-0.39, 0.29) is 6.79 Å². The van der Waals surface area contributed by atoms with Crippen LogP contribution in [0.5, 0.6) is 11.5 Å². The number of benzene rings is 1. The summed E-state index contributed by atoms with van der Waals surface area (Å²) in [5.74, 6) is 1.88. The minimum absolute atomic E-state index is 0.211. The second kappa shape index (κ2) is 3.85. The molecule has 2 heterocycles. The number of aromatic nitrogens is 2. The first kappa shape index (κ1) is 10.3. The van der Waals surface area contributed by atoms with Crippen LogP contribution in [0.2, 0.25) is 5.02 Å². The number of halogens is 1. The number of ether oxygens (including phenoxy) is 2. The third kappa shape index (κ3) is 1.78. The molecule has 88 valence electrons. The van der Waals surface area contributed by atoms with Gasteiger partial charge in [0.25, 0.3) is 0 Å². The van der Waals surface area contributed by atoms with Gasteiger partial charge in [-0.3, -0.25) is 0 Å². The summed E-state index contributed by atoms with van der Waals surface area (Å²) in [6.07, 6.45) is 1.66. The van der Waals surface area contributed by atoms with Crippen LogP contribution in [0.25, 0.3) is 0 Å². The second-order valence-electron chi connectivity index (χ2n) is 3.73. The van der Waals surface area contributed by atoms with Gasteiger partial charge < -0.3 is 15.2 Å². The molecule has 5 nitrogen and oxygen atoms in total. The summed E-state index contributed by atoms with van der Waals surface area (Å²) in [5, 5.41) is 4.65. The number of rotatable bonds is 2. The molecule has 1 aliphatic heterocycles. The number of hydrogen-bond acceptors (Lipinski definition) is 4. The lowest BCUT2D eigenvalue weighted by Gasteiger charge is -2.06. The van der Waals surface area contributed by atoms with E-state index in [0.29, 0.717) is 28.9 Å². The lowest BCUT2D eigenvalue weighted by atomic mass is 10.2. The Labute approximate surface area is 103 Å². The monoisotopic (exact) mass is 251 g/mol. The Hall–Kier alpha value is -1.88. The van der Waals surface area contributed by atoms with Crippen molar-refractivity contribution >= 4 is 17.4 Å². The van der Waals surface area contributed by atoms with Crippen molar-refractivity contribution in [1.82, 2.24) is 9.78 Å². The van der Waals surface area contributed by atoms with E-state index in [4.69, 9.17) is 26.8 Å². The Kier molecular flexibility index (Phi) is 2.33. The molecular weight excluding hydrogens is 242 g/mol. The molecule has 0 amide bonds. The van der Waals surface area contributed by atoms with Gasteiger partial charge in [-0.25, -0.2) is 4.68 Å². The van der Waals surface area contributed by atoms with Gasteiger partial charge in [-0.15, -0.1) is 0 Å². The minimum atomic E-state index is 0.211. The predicted molar refractivity (Wildman–Crippen MR) is 63.3 cm³/mol. The molecule has 3 rings (SSSR count). The Morgan fingerprint density at radius 1 is 1.41 bits per heavy atom. The summed E-state index contributed by atoms with van der Waals surface area (Å²) in [7, 11) is 0. The highest BCUT2D eigenvalue weighted by Crippen LogP contribution is 2.39. The van der Waals surface area contributed by atoms with Gasteiger partial charge in [0.05, 0.1) is 17.8 Å². The first-order valence-corrected chi connectivity index (χ1v) is 5.47. The molecule has 2 aromatic rings. The predicted octanol–water partition coefficient (Wildman–Crippen LogP) is 1.90. The Bertz CT molecular complexity index is 568. The second-order valence-corrected chi connectivity index (χ2v) is 4.13. The number of nitrogens with two attached hydrogens (primary N) is 1. The fourth-order valence-corrected chi connectivity index (χ4v) is 2.05. The molecule has 1 aromatic carbocycles. The van der Waals surface area contributed by atoms with E-state index in [2.05, 4.69) is 5.10 Å². The first-order chi connectivity index (χ1) is 8.24. The van der Waals surface area contributed by atoms with Crippen LogP contribution in [0, 0.1) is 0 Å². The average Bonchev–Trinajstić information content (AvgIpc) is 2.89. The summed E-state index contributed by atoms with van der Waals surface area (Å²) in [6, 6.07) is 5.46. The van der Waals surface area contributed by atoms with Gasteiger partial charge in [0, 0.05) is 0 Å². The van der Waals surface area contributed by atoms with Crippen LogP contribution >= 0.6 is 11.6 Å². The molecule has 0 bridgehead atoms. The fourth-order valence-electron chi connectivity index (χ4n) is 1.76. The maximum Gasteiger partial charge on any atom is 0.231 e. The molecule has 6 heteroatoms. The highest BCUT2D eigenvalue weighted by Gasteiger charge is 2.18. The van der Waals surface area contributed by atoms with E-state index in [1.54, 1.807) is 16.9 Å². The van der Waals surface area contributed by atoms with Crippen LogP contribution in [0.3, 0.4) is 0 Å². The Morgan fingerprint density at radius 2 is 2.29 bits per heavy atom. The molecule has 1 aliphatic rings. The van der Waals surface area contributed by atoms with E-state index < -0.39 is 0 Å². The van der Waals surface area contributed by atoms with Crippen molar-refractivity contribution in [3.8, 4) is 11.5 Å². The summed E-state index contributed by atoms with van der Waals surface area (Å²) in [4.78, 5) is 0. The smallest absolute Gasteiger partial charge is 0.231 e. The molecule has 2 N–H and O–H groups in total. The third-order valence-electron chi connectivity index (χ3n) is 2.57. The lowest BCUT2D eigenvalue weighted by Crippen LogP contribution is -2.05. The molecule has 17 heavy (non-hydrogen) atoms. The standard InChI is InChI=1S/C11H10ClN3O2/c12-8-3-7(4-9-11(8)17-6-16-9)5-15-10(13)1-2-14-15/h1-4H,5-6,13H2. The van der Waals surface area contributed by atoms with Gasteiger partial charge in [0.15, 0.2) is 11.5 Å². The van der Waals surface area contributed by atoms with Gasteiger partial charge in [0.1, 0.15) is 5.82 Å². The highest BCUT2D eigenvalue weighted by atomic mass is 35.5. The lowest BCUT2D eigenvalue weighted by molar-refractivity contribution is 0.174. The normalized spacial score (nSPS) is 13.0. The van der Waals surface area contributed by atoms with Crippen molar-refractivity contribution in [2.24, 2.45) is 0 Å². The van der Waals surface area contributed by atoms with Gasteiger partial charge >= 0.3 is 0 Å². The van der Waals surface area contributed by atoms with E-state index >= 15 is 0 Å². The molecule has 0 saturated carbocycles. The average molecular weight is 252 g/mol. The zero-order chi connectivity index (χ0) is 11.8. The van der Waals surface area contributed by atoms with E-state index in [1.807, 2.05) is 12.1 Å². The van der Waals surface area contributed by atoms with Crippen LogP contribution in [-0.2, 0) is 6.54 Å². The largest absolute Gasteiger partial charge is 0.454 e. The number of hydrogen-bond donors (Lipinski definition) is 1. The van der Waals surface area contributed by atoms with Crippen molar-refractivity contribution in [1.29, 1.82) is 0 Å². The Balaban J connectivity index is 1.94. The van der Waals surface area contributed by atoms with E-state index in [1.165, 1.54) is 0 Å².